The van der Waals surface area contributed by atoms with E-state index in [4.69, 9.17) is 0 Å². The molecule has 32 heavy (non-hydrogen) atoms. The smallest absolute Gasteiger partial charge is 0.273 e. The Morgan fingerprint density at radius 1 is 1.31 bits per heavy atom. The molecule has 0 bridgehead atoms. The quantitative estimate of drug-likeness (QED) is 0.434. The van der Waals surface area contributed by atoms with Crippen LogP contribution in [-0.2, 0) is 24.1 Å². The molecule has 0 saturated carbocycles. The lowest BCUT2D eigenvalue weighted by molar-refractivity contribution is -0.385. The Hall–Kier alpha value is -3.66. The molecule has 0 aliphatic carbocycles. The molecule has 4 rings (SSSR count). The summed E-state index contributed by atoms with van der Waals surface area (Å²) >= 11 is 0. The topological polar surface area (TPSA) is 103 Å². The van der Waals surface area contributed by atoms with Gasteiger partial charge < -0.3 is 9.88 Å². The Kier molecular flexibility index (Phi) is 6.22. The van der Waals surface area contributed by atoms with Crippen molar-refractivity contribution in [3.63, 3.8) is 0 Å². The van der Waals surface area contributed by atoms with Gasteiger partial charge >= 0.3 is 0 Å². The highest BCUT2D eigenvalue weighted by Crippen LogP contribution is 2.28. The summed E-state index contributed by atoms with van der Waals surface area (Å²) in [5.41, 5.74) is 4.50. The largest absolute Gasteiger partial charge is 0.358 e. The molecule has 2 aromatic carbocycles. The minimum absolute atomic E-state index is 0.000927. The average molecular weight is 431 g/mol. The minimum atomic E-state index is -0.427. The fourth-order valence-electron chi connectivity index (χ4n) is 4.88. The molecule has 7 nitrogen and oxygen atoms in total. The minimum Gasteiger partial charge on any atom is -0.358 e. The summed E-state index contributed by atoms with van der Waals surface area (Å²) in [7, 11) is 0. The number of aryl methyl sites for hydroxylation is 2. The van der Waals surface area contributed by atoms with Crippen LogP contribution in [-0.4, -0.2) is 33.3 Å². The maximum Gasteiger partial charge on any atom is 0.273 e. The molecule has 164 valence electrons. The summed E-state index contributed by atoms with van der Waals surface area (Å²) in [5.74, 6) is -0.0483. The van der Waals surface area contributed by atoms with E-state index in [2.05, 4.69) is 18.0 Å². The zero-order chi connectivity index (χ0) is 22.7. The van der Waals surface area contributed by atoms with Crippen molar-refractivity contribution in [3.05, 3.63) is 75.0 Å². The summed E-state index contributed by atoms with van der Waals surface area (Å²) in [6.45, 7) is 2.82. The lowest BCUT2D eigenvalue weighted by Crippen LogP contribution is -2.37. The third-order valence-corrected chi connectivity index (χ3v) is 6.43. The van der Waals surface area contributed by atoms with Gasteiger partial charge in [0.15, 0.2) is 0 Å². The molecule has 0 spiro atoms. The van der Waals surface area contributed by atoms with Crippen molar-refractivity contribution in [1.29, 1.82) is 5.26 Å². The van der Waals surface area contributed by atoms with Gasteiger partial charge in [-0.1, -0.05) is 31.2 Å². The van der Waals surface area contributed by atoms with E-state index in [1.165, 1.54) is 11.6 Å². The molecule has 1 aliphatic rings. The van der Waals surface area contributed by atoms with Gasteiger partial charge in [0, 0.05) is 40.8 Å². The normalized spacial score (nSPS) is 15.8. The number of nitro groups is 1. The number of fused-ring (bicyclic) bond motifs is 1. The molecule has 1 amide bonds. The van der Waals surface area contributed by atoms with E-state index in [0.717, 1.165) is 48.7 Å². The molecular weight excluding hydrogens is 404 g/mol. The number of H-pyrrole nitrogens is 1. The molecule has 0 unspecified atom stereocenters. The Balaban J connectivity index is 1.48. The number of para-hydroxylation sites is 1. The zero-order valence-electron chi connectivity index (χ0n) is 18.1. The van der Waals surface area contributed by atoms with Gasteiger partial charge in [0.25, 0.3) is 5.69 Å². The van der Waals surface area contributed by atoms with Crippen molar-refractivity contribution in [2.45, 2.75) is 51.5 Å². The van der Waals surface area contributed by atoms with Crippen molar-refractivity contribution in [2.24, 2.45) is 0 Å². The predicted octanol–water partition coefficient (Wildman–Crippen LogP) is 4.68. The van der Waals surface area contributed by atoms with Crippen LogP contribution >= 0.6 is 0 Å². The molecule has 1 atom stereocenters. The second kappa shape index (κ2) is 9.23. The third-order valence-electron chi connectivity index (χ3n) is 6.43. The number of hydrogen-bond acceptors (Lipinski definition) is 4. The van der Waals surface area contributed by atoms with Crippen LogP contribution in [0.4, 0.5) is 5.69 Å². The first-order valence-corrected chi connectivity index (χ1v) is 11.1. The van der Waals surface area contributed by atoms with Crippen LogP contribution in [0.15, 0.2) is 42.5 Å². The molecule has 7 heteroatoms. The number of benzene rings is 2. The van der Waals surface area contributed by atoms with E-state index < -0.39 is 4.92 Å². The van der Waals surface area contributed by atoms with Gasteiger partial charge in [0.05, 0.1) is 23.0 Å². The predicted molar refractivity (Wildman–Crippen MR) is 122 cm³/mol. The monoisotopic (exact) mass is 430 g/mol. The molecular formula is C25H26N4O3. The van der Waals surface area contributed by atoms with Crippen LogP contribution in [0, 0.1) is 21.4 Å². The number of carbonyl (C=O) groups is 1. The number of aromatic nitrogens is 1. The lowest BCUT2D eigenvalue weighted by atomic mass is 10.0. The van der Waals surface area contributed by atoms with E-state index >= 15 is 0 Å². The van der Waals surface area contributed by atoms with Crippen LogP contribution in [0.2, 0.25) is 0 Å². The first kappa shape index (κ1) is 21.6. The molecule has 0 radical (unpaired) electrons. The number of amides is 1. The highest BCUT2D eigenvalue weighted by molar-refractivity contribution is 5.86. The molecule has 1 N–H and O–H groups in total. The van der Waals surface area contributed by atoms with Crippen molar-refractivity contribution in [3.8, 4) is 6.07 Å². The van der Waals surface area contributed by atoms with Gasteiger partial charge in [-0.25, -0.2) is 0 Å². The zero-order valence-corrected chi connectivity index (χ0v) is 18.1. The van der Waals surface area contributed by atoms with E-state index in [1.54, 1.807) is 18.2 Å². The van der Waals surface area contributed by atoms with E-state index in [1.807, 2.05) is 23.1 Å². The number of nitrogens with zero attached hydrogens (tertiary/aromatic N) is 3. The molecule has 3 aromatic rings. The van der Waals surface area contributed by atoms with E-state index in [9.17, 15) is 20.2 Å². The van der Waals surface area contributed by atoms with Crippen LogP contribution in [0.5, 0.6) is 0 Å². The second-order valence-electron chi connectivity index (χ2n) is 8.29. The van der Waals surface area contributed by atoms with Gasteiger partial charge in [-0.3, -0.25) is 14.9 Å². The standard InChI is InChI=1S/C25H26N4O3/c1-2-20-21-11-9-17(16-26)14-23(21)27-22(20)12-10-19-7-5-13-28(19)25(30)15-18-6-3-4-8-24(18)29(31)32/h3-4,6,8-9,11,14,19,27H,2,5,7,10,12-13,15H2,1H3/t19-/m0/s1. The molecule has 2 heterocycles. The second-order valence-corrected chi connectivity index (χ2v) is 8.29. The molecule has 1 fully saturated rings. The summed E-state index contributed by atoms with van der Waals surface area (Å²) in [5, 5.41) is 21.6. The van der Waals surface area contributed by atoms with E-state index in [-0.39, 0.29) is 24.1 Å². The first-order chi connectivity index (χ1) is 15.5. The van der Waals surface area contributed by atoms with Crippen molar-refractivity contribution in [1.82, 2.24) is 9.88 Å². The van der Waals surface area contributed by atoms with Crippen molar-refractivity contribution in [2.75, 3.05) is 6.54 Å². The average Bonchev–Trinajstić information content (AvgIpc) is 3.41. The summed E-state index contributed by atoms with van der Waals surface area (Å²) in [6.07, 6.45) is 4.51. The van der Waals surface area contributed by atoms with Crippen LogP contribution in [0.25, 0.3) is 10.9 Å². The number of rotatable bonds is 7. The summed E-state index contributed by atoms with van der Waals surface area (Å²) in [6, 6.07) is 14.5. The molecule has 1 aliphatic heterocycles. The van der Waals surface area contributed by atoms with Crippen LogP contribution in [0.1, 0.15) is 48.6 Å². The number of nitro benzene ring substituents is 1. The fourth-order valence-corrected chi connectivity index (χ4v) is 4.88. The van der Waals surface area contributed by atoms with Crippen LogP contribution < -0.4 is 0 Å². The van der Waals surface area contributed by atoms with Gasteiger partial charge in [-0.05, 0) is 49.8 Å². The van der Waals surface area contributed by atoms with Crippen molar-refractivity contribution < 1.29 is 9.72 Å². The third kappa shape index (κ3) is 4.22. The van der Waals surface area contributed by atoms with Gasteiger partial charge in [-0.2, -0.15) is 5.26 Å². The van der Waals surface area contributed by atoms with Crippen LogP contribution in [0.3, 0.4) is 0 Å². The number of aromatic amines is 1. The Morgan fingerprint density at radius 3 is 2.88 bits per heavy atom. The molecule has 1 aromatic heterocycles. The van der Waals surface area contributed by atoms with E-state index in [0.29, 0.717) is 17.7 Å². The Morgan fingerprint density at radius 2 is 2.12 bits per heavy atom. The highest BCUT2D eigenvalue weighted by atomic mass is 16.6. The number of hydrogen-bond donors (Lipinski definition) is 1. The maximum absolute atomic E-state index is 13.0. The fraction of sp³-hybridized carbons (Fsp3) is 0.360. The number of likely N-dealkylation sites (tertiary alicyclic amines) is 1. The van der Waals surface area contributed by atoms with Crippen molar-refractivity contribution >= 4 is 22.5 Å². The van der Waals surface area contributed by atoms with Gasteiger partial charge in [0.2, 0.25) is 5.91 Å². The first-order valence-electron chi connectivity index (χ1n) is 11.1. The summed E-state index contributed by atoms with van der Waals surface area (Å²) < 4.78 is 0. The Labute approximate surface area is 186 Å². The number of carbonyl (C=O) groups excluding carboxylic acids is 1. The van der Waals surface area contributed by atoms with Gasteiger partial charge in [-0.15, -0.1) is 0 Å². The SMILES string of the molecule is CCc1c(CC[C@@H]2CCCN2C(=O)Cc2ccccc2[N+](=O)[O-])[nH]c2cc(C#N)ccc12. The number of nitriles is 1. The highest BCUT2D eigenvalue weighted by Gasteiger charge is 2.30. The van der Waals surface area contributed by atoms with Gasteiger partial charge in [0.1, 0.15) is 0 Å². The lowest BCUT2D eigenvalue weighted by Gasteiger charge is -2.25. The number of nitrogens with one attached hydrogen (secondary N) is 1. The summed E-state index contributed by atoms with van der Waals surface area (Å²) in [4.78, 5) is 29.3. The maximum atomic E-state index is 13.0. The molecule has 1 saturated heterocycles. The Bertz CT molecular complexity index is 1210.